The number of pyridine rings is 1. The Morgan fingerprint density at radius 3 is 2.96 bits per heavy atom. The zero-order chi connectivity index (χ0) is 17.2. The molecule has 0 unspecified atom stereocenters. The van der Waals surface area contributed by atoms with E-state index in [-0.39, 0.29) is 24.0 Å². The third kappa shape index (κ3) is 9.03. The molecule has 3 N–H and O–H groups in total. The van der Waals surface area contributed by atoms with Crippen molar-refractivity contribution in [2.24, 2.45) is 10.7 Å². The van der Waals surface area contributed by atoms with Crippen LogP contribution in [0.1, 0.15) is 10.4 Å². The van der Waals surface area contributed by atoms with Crippen LogP contribution in [0.5, 0.6) is 5.88 Å². The zero-order valence-corrected chi connectivity index (χ0v) is 17.8. The van der Waals surface area contributed by atoms with Crippen LogP contribution >= 0.6 is 35.3 Å². The number of hydrogen-bond donors (Lipinski definition) is 2. The number of nitrogens with two attached hydrogens (primary N) is 1. The van der Waals surface area contributed by atoms with E-state index in [0.717, 1.165) is 25.1 Å². The second kappa shape index (κ2) is 12.0. The second-order valence-electron chi connectivity index (χ2n) is 5.61. The van der Waals surface area contributed by atoms with Gasteiger partial charge in [0.25, 0.3) is 0 Å². The van der Waals surface area contributed by atoms with Gasteiger partial charge in [-0.15, -0.1) is 35.3 Å². The minimum absolute atomic E-state index is 0. The van der Waals surface area contributed by atoms with Crippen molar-refractivity contribution < 1.29 is 4.74 Å². The lowest BCUT2D eigenvalue weighted by atomic mass is 10.3. The van der Waals surface area contributed by atoms with Gasteiger partial charge in [0.1, 0.15) is 6.61 Å². The molecule has 2 aromatic rings. The summed E-state index contributed by atoms with van der Waals surface area (Å²) in [4.78, 5) is 12.0. The highest BCUT2D eigenvalue weighted by Gasteiger charge is 2.00. The van der Waals surface area contributed by atoms with Gasteiger partial charge >= 0.3 is 0 Å². The highest BCUT2D eigenvalue weighted by atomic mass is 127. The summed E-state index contributed by atoms with van der Waals surface area (Å²) in [5.74, 6) is 1.08. The van der Waals surface area contributed by atoms with Crippen LogP contribution in [0.3, 0.4) is 0 Å². The van der Waals surface area contributed by atoms with Crippen molar-refractivity contribution in [1.82, 2.24) is 15.2 Å². The minimum Gasteiger partial charge on any atom is -0.476 e. The first-order valence-electron chi connectivity index (χ1n) is 7.92. The third-order valence-corrected chi connectivity index (χ3v) is 4.21. The SMILES string of the molecule is CN(C)CCOc1cc(CN=C(N)NCCc2cccs2)ccn1.I. The molecule has 8 heteroatoms. The van der Waals surface area contributed by atoms with E-state index in [1.165, 1.54) is 4.88 Å². The average Bonchev–Trinajstić information content (AvgIpc) is 3.06. The molecule has 6 nitrogen and oxygen atoms in total. The summed E-state index contributed by atoms with van der Waals surface area (Å²) >= 11 is 1.75. The predicted octanol–water partition coefficient (Wildman–Crippen LogP) is 2.35. The molecule has 0 bridgehead atoms. The first kappa shape index (κ1) is 21.7. The van der Waals surface area contributed by atoms with Crippen molar-refractivity contribution in [1.29, 1.82) is 0 Å². The van der Waals surface area contributed by atoms with Crippen LogP contribution in [-0.4, -0.2) is 49.6 Å². The number of guanidine groups is 1. The van der Waals surface area contributed by atoms with Crippen LogP contribution in [0.2, 0.25) is 0 Å². The zero-order valence-electron chi connectivity index (χ0n) is 14.6. The summed E-state index contributed by atoms with van der Waals surface area (Å²) in [6.45, 7) is 2.75. The number of aromatic nitrogens is 1. The molecular weight excluding hydrogens is 449 g/mol. The number of hydrogen-bond acceptors (Lipinski definition) is 5. The number of likely N-dealkylation sites (N-methyl/N-ethyl adjacent to an activating group) is 1. The summed E-state index contributed by atoms with van der Waals surface area (Å²) in [5, 5.41) is 5.21. The van der Waals surface area contributed by atoms with Crippen LogP contribution in [0.15, 0.2) is 40.8 Å². The van der Waals surface area contributed by atoms with E-state index in [1.54, 1.807) is 17.5 Å². The molecule has 0 aliphatic heterocycles. The number of rotatable bonds is 9. The fraction of sp³-hybridized carbons (Fsp3) is 0.412. The Morgan fingerprint density at radius 1 is 1.40 bits per heavy atom. The van der Waals surface area contributed by atoms with E-state index in [4.69, 9.17) is 10.5 Å². The summed E-state index contributed by atoms with van der Waals surface area (Å²) in [6, 6.07) is 7.99. The summed E-state index contributed by atoms with van der Waals surface area (Å²) in [7, 11) is 4.02. The van der Waals surface area contributed by atoms with Gasteiger partial charge in [0.15, 0.2) is 5.96 Å². The molecule has 0 saturated heterocycles. The molecule has 0 aliphatic rings. The number of nitrogens with one attached hydrogen (secondary N) is 1. The lowest BCUT2D eigenvalue weighted by molar-refractivity contribution is 0.253. The van der Waals surface area contributed by atoms with E-state index in [9.17, 15) is 0 Å². The molecule has 25 heavy (non-hydrogen) atoms. The Bertz CT molecular complexity index is 634. The van der Waals surface area contributed by atoms with E-state index >= 15 is 0 Å². The van der Waals surface area contributed by atoms with Gasteiger partial charge in [0.2, 0.25) is 5.88 Å². The van der Waals surface area contributed by atoms with Crippen molar-refractivity contribution in [2.45, 2.75) is 13.0 Å². The van der Waals surface area contributed by atoms with Gasteiger partial charge in [-0.2, -0.15) is 0 Å². The van der Waals surface area contributed by atoms with Gasteiger partial charge in [0, 0.05) is 30.2 Å². The Labute approximate surface area is 170 Å². The van der Waals surface area contributed by atoms with Crippen molar-refractivity contribution in [3.63, 3.8) is 0 Å². The fourth-order valence-electron chi connectivity index (χ4n) is 1.96. The molecule has 2 aromatic heterocycles. The Kier molecular flexibility index (Phi) is 10.4. The molecule has 0 amide bonds. The third-order valence-electron chi connectivity index (χ3n) is 3.28. The lowest BCUT2D eigenvalue weighted by Crippen LogP contribution is -2.33. The molecule has 0 spiro atoms. The second-order valence-corrected chi connectivity index (χ2v) is 6.64. The first-order chi connectivity index (χ1) is 11.6. The Balaban J connectivity index is 0.00000312. The highest BCUT2D eigenvalue weighted by molar-refractivity contribution is 14.0. The molecule has 0 saturated carbocycles. The molecule has 138 valence electrons. The van der Waals surface area contributed by atoms with Crippen LogP contribution in [0.4, 0.5) is 0 Å². The van der Waals surface area contributed by atoms with Crippen LogP contribution < -0.4 is 15.8 Å². The molecule has 2 heterocycles. The van der Waals surface area contributed by atoms with E-state index in [1.807, 2.05) is 26.2 Å². The lowest BCUT2D eigenvalue weighted by Gasteiger charge is -2.10. The monoisotopic (exact) mass is 475 g/mol. The van der Waals surface area contributed by atoms with Gasteiger partial charge in [-0.3, -0.25) is 0 Å². The largest absolute Gasteiger partial charge is 0.476 e. The molecule has 0 aromatic carbocycles. The van der Waals surface area contributed by atoms with Gasteiger partial charge < -0.3 is 20.7 Å². The van der Waals surface area contributed by atoms with E-state index < -0.39 is 0 Å². The van der Waals surface area contributed by atoms with Crippen LogP contribution in [-0.2, 0) is 13.0 Å². The normalized spacial score (nSPS) is 11.2. The number of nitrogens with zero attached hydrogens (tertiary/aromatic N) is 3. The molecule has 0 aliphatic carbocycles. The van der Waals surface area contributed by atoms with E-state index in [0.29, 0.717) is 25.0 Å². The number of ether oxygens (including phenoxy) is 1. The Morgan fingerprint density at radius 2 is 2.24 bits per heavy atom. The molecule has 0 atom stereocenters. The van der Waals surface area contributed by atoms with E-state index in [2.05, 4.69) is 37.7 Å². The maximum atomic E-state index is 5.90. The van der Waals surface area contributed by atoms with Crippen LogP contribution in [0.25, 0.3) is 0 Å². The smallest absolute Gasteiger partial charge is 0.213 e. The Hall–Kier alpha value is -1.39. The number of halogens is 1. The maximum Gasteiger partial charge on any atom is 0.213 e. The standard InChI is InChI=1S/C17H25N5OS.HI/c1-22(2)9-10-23-16-12-14(5-7-19-16)13-21-17(18)20-8-6-15-4-3-11-24-15;/h3-5,7,11-12H,6,8-10,13H2,1-2H3,(H3,18,20,21);1H. The molecular formula is C17H26IN5OS. The maximum absolute atomic E-state index is 5.90. The van der Waals surface area contributed by atoms with Crippen molar-refractivity contribution in [3.05, 3.63) is 46.3 Å². The van der Waals surface area contributed by atoms with Gasteiger partial charge in [-0.1, -0.05) is 6.07 Å². The van der Waals surface area contributed by atoms with Gasteiger partial charge in [0.05, 0.1) is 6.54 Å². The van der Waals surface area contributed by atoms with Crippen molar-refractivity contribution in [2.75, 3.05) is 33.8 Å². The summed E-state index contributed by atoms with van der Waals surface area (Å²) in [6.07, 6.45) is 2.68. The predicted molar refractivity (Wildman–Crippen MR) is 115 cm³/mol. The van der Waals surface area contributed by atoms with Crippen LogP contribution in [0, 0.1) is 0 Å². The molecule has 0 fully saturated rings. The minimum atomic E-state index is 0. The highest BCUT2D eigenvalue weighted by Crippen LogP contribution is 2.10. The van der Waals surface area contributed by atoms with Gasteiger partial charge in [-0.05, 0) is 43.6 Å². The fourth-order valence-corrected chi connectivity index (χ4v) is 2.67. The van der Waals surface area contributed by atoms with Crippen molar-refractivity contribution in [3.8, 4) is 5.88 Å². The first-order valence-corrected chi connectivity index (χ1v) is 8.80. The quantitative estimate of drug-likeness (QED) is 0.331. The summed E-state index contributed by atoms with van der Waals surface area (Å²) in [5.41, 5.74) is 6.92. The topological polar surface area (TPSA) is 75.8 Å². The number of aliphatic imine (C=N–C) groups is 1. The molecule has 2 rings (SSSR count). The average molecular weight is 475 g/mol. The number of thiophene rings is 1. The van der Waals surface area contributed by atoms with Crippen molar-refractivity contribution >= 4 is 41.3 Å². The van der Waals surface area contributed by atoms with Gasteiger partial charge in [-0.25, -0.2) is 9.98 Å². The summed E-state index contributed by atoms with van der Waals surface area (Å²) < 4.78 is 5.62. The molecule has 0 radical (unpaired) electrons.